The fourth-order valence-corrected chi connectivity index (χ4v) is 5.79. The summed E-state index contributed by atoms with van der Waals surface area (Å²) in [6.07, 6.45) is 1.98. The Balaban J connectivity index is 1.85. The molecule has 6 nitrogen and oxygen atoms in total. The monoisotopic (exact) mass is 379 g/mol. The van der Waals surface area contributed by atoms with Gasteiger partial charge in [-0.25, -0.2) is 18.5 Å². The van der Waals surface area contributed by atoms with Crippen molar-refractivity contribution in [3.05, 3.63) is 40.2 Å². The largest absolute Gasteiger partial charge is 0.306 e. The maximum atomic E-state index is 12.5. The molecule has 3 aromatic rings. The molecule has 0 bridgehead atoms. The first-order chi connectivity index (χ1) is 11.4. The molecule has 0 fully saturated rings. The number of hydrogen-bond donors (Lipinski definition) is 2. The minimum Gasteiger partial charge on any atom is -0.306 e. The van der Waals surface area contributed by atoms with Gasteiger partial charge >= 0.3 is 0 Å². The predicted octanol–water partition coefficient (Wildman–Crippen LogP) is 2.34. The average molecular weight is 379 g/mol. The number of nitrogens with one attached hydrogen (secondary N) is 1. The lowest BCUT2D eigenvalue weighted by molar-refractivity contribution is 0.598. The van der Waals surface area contributed by atoms with Gasteiger partial charge in [0.25, 0.3) is 5.56 Å². The Kier molecular flexibility index (Phi) is 3.75. The first kappa shape index (κ1) is 15.8. The number of aromatic amines is 1. The molecule has 1 aromatic carbocycles. The van der Waals surface area contributed by atoms with Crippen molar-refractivity contribution in [2.45, 2.75) is 21.9 Å². The highest BCUT2D eigenvalue weighted by atomic mass is 32.2. The Bertz CT molecular complexity index is 1100. The van der Waals surface area contributed by atoms with Crippen LogP contribution in [0.4, 0.5) is 0 Å². The number of thioether (sulfide) groups is 1. The summed E-state index contributed by atoms with van der Waals surface area (Å²) in [6, 6.07) is 5.99. The Hall–Kier alpha value is -1.68. The molecule has 4 rings (SSSR count). The second-order valence-corrected chi connectivity index (χ2v) is 9.41. The van der Waals surface area contributed by atoms with Crippen LogP contribution in [0.2, 0.25) is 0 Å². The zero-order valence-corrected chi connectivity index (χ0v) is 14.9. The third-order valence-electron chi connectivity index (χ3n) is 3.88. The highest BCUT2D eigenvalue weighted by Gasteiger charge is 2.20. The van der Waals surface area contributed by atoms with Crippen LogP contribution < -0.4 is 10.7 Å². The molecule has 0 spiro atoms. The average Bonchev–Trinajstić information content (AvgIpc) is 2.93. The Labute approximate surface area is 146 Å². The van der Waals surface area contributed by atoms with Gasteiger partial charge in [-0.15, -0.1) is 23.1 Å². The van der Waals surface area contributed by atoms with E-state index in [9.17, 15) is 13.2 Å². The Morgan fingerprint density at radius 3 is 2.67 bits per heavy atom. The molecule has 0 aliphatic carbocycles. The highest BCUT2D eigenvalue weighted by molar-refractivity contribution is 8.01. The summed E-state index contributed by atoms with van der Waals surface area (Å²) < 4.78 is 23.8. The maximum absolute atomic E-state index is 12.5. The lowest BCUT2D eigenvalue weighted by atomic mass is 10.1. The fraction of sp³-hybridized carbons (Fsp3) is 0.200. The number of nitrogens with two attached hydrogens (primary N) is 1. The molecule has 0 radical (unpaired) electrons. The van der Waals surface area contributed by atoms with E-state index in [-0.39, 0.29) is 10.5 Å². The number of sulfonamides is 1. The van der Waals surface area contributed by atoms with Crippen LogP contribution in [-0.2, 0) is 16.4 Å². The minimum atomic E-state index is -3.74. The zero-order chi connectivity index (χ0) is 16.9. The van der Waals surface area contributed by atoms with Crippen LogP contribution in [-0.4, -0.2) is 24.1 Å². The van der Waals surface area contributed by atoms with Crippen molar-refractivity contribution < 1.29 is 8.42 Å². The van der Waals surface area contributed by atoms with E-state index in [4.69, 9.17) is 5.14 Å². The van der Waals surface area contributed by atoms with Crippen molar-refractivity contribution in [1.29, 1.82) is 0 Å². The van der Waals surface area contributed by atoms with Crippen LogP contribution in [0, 0.1) is 0 Å². The van der Waals surface area contributed by atoms with Crippen LogP contribution in [0.3, 0.4) is 0 Å². The molecule has 0 unspecified atom stereocenters. The van der Waals surface area contributed by atoms with Crippen LogP contribution >= 0.6 is 23.1 Å². The van der Waals surface area contributed by atoms with Crippen molar-refractivity contribution in [3.8, 4) is 11.4 Å². The predicted molar refractivity (Wildman–Crippen MR) is 96.1 cm³/mol. The van der Waals surface area contributed by atoms with Gasteiger partial charge in [-0.2, -0.15) is 0 Å². The lowest BCUT2D eigenvalue weighted by Crippen LogP contribution is -2.12. The molecular weight excluding hydrogens is 366 g/mol. The SMILES string of the molecule is NS(=O)(=O)c1ccc(-c2nc3sc4c(c3c(=O)[nH]2)CCCS4)cc1. The van der Waals surface area contributed by atoms with Gasteiger partial charge in [-0.05, 0) is 48.4 Å². The number of nitrogens with zero attached hydrogens (tertiary/aromatic N) is 1. The molecule has 3 N–H and O–H groups in total. The molecular formula is C15H13N3O3S3. The van der Waals surface area contributed by atoms with E-state index < -0.39 is 10.0 Å². The Morgan fingerprint density at radius 1 is 1.21 bits per heavy atom. The van der Waals surface area contributed by atoms with Gasteiger partial charge in [-0.3, -0.25) is 4.79 Å². The number of thiophene rings is 1. The van der Waals surface area contributed by atoms with Gasteiger partial charge in [0.05, 0.1) is 14.5 Å². The van der Waals surface area contributed by atoms with Crippen molar-refractivity contribution in [2.75, 3.05) is 5.75 Å². The van der Waals surface area contributed by atoms with E-state index in [0.29, 0.717) is 16.8 Å². The van der Waals surface area contributed by atoms with Crippen molar-refractivity contribution in [3.63, 3.8) is 0 Å². The summed E-state index contributed by atoms with van der Waals surface area (Å²) in [5.41, 5.74) is 1.60. The molecule has 1 aliphatic heterocycles. The number of fused-ring (bicyclic) bond motifs is 3. The fourth-order valence-electron chi connectivity index (χ4n) is 2.74. The maximum Gasteiger partial charge on any atom is 0.260 e. The summed E-state index contributed by atoms with van der Waals surface area (Å²) in [6.45, 7) is 0. The molecule has 124 valence electrons. The van der Waals surface area contributed by atoms with E-state index in [0.717, 1.165) is 29.0 Å². The number of benzene rings is 1. The van der Waals surface area contributed by atoms with Gasteiger partial charge in [-0.1, -0.05) is 0 Å². The molecule has 0 saturated carbocycles. The standard InChI is InChI=1S/C15H13N3O3S3/c16-24(20,21)9-5-3-8(4-6-9)12-17-13(19)11-10-2-1-7-22-15(10)23-14(11)18-12/h3-6H,1-2,7H2,(H2,16,20,21)(H,17,18,19). The number of aromatic nitrogens is 2. The van der Waals surface area contributed by atoms with Gasteiger partial charge in [0.2, 0.25) is 10.0 Å². The van der Waals surface area contributed by atoms with E-state index in [1.54, 1.807) is 35.2 Å². The summed E-state index contributed by atoms with van der Waals surface area (Å²) in [4.78, 5) is 20.7. The van der Waals surface area contributed by atoms with E-state index >= 15 is 0 Å². The summed E-state index contributed by atoms with van der Waals surface area (Å²) >= 11 is 3.32. The topological polar surface area (TPSA) is 106 Å². The number of rotatable bonds is 2. The zero-order valence-electron chi connectivity index (χ0n) is 12.4. The van der Waals surface area contributed by atoms with Crippen molar-refractivity contribution in [2.24, 2.45) is 5.14 Å². The second kappa shape index (κ2) is 5.69. The van der Waals surface area contributed by atoms with Gasteiger partial charge in [0.15, 0.2) is 0 Å². The number of primary sulfonamides is 1. The molecule has 3 heterocycles. The van der Waals surface area contributed by atoms with Crippen LogP contribution in [0.5, 0.6) is 0 Å². The smallest absolute Gasteiger partial charge is 0.260 e. The van der Waals surface area contributed by atoms with E-state index in [1.165, 1.54) is 16.3 Å². The van der Waals surface area contributed by atoms with Crippen LogP contribution in [0.15, 0.2) is 38.2 Å². The van der Waals surface area contributed by atoms with Gasteiger partial charge in [0.1, 0.15) is 10.7 Å². The summed E-state index contributed by atoms with van der Waals surface area (Å²) in [7, 11) is -3.74. The quantitative estimate of drug-likeness (QED) is 0.711. The number of aryl methyl sites for hydroxylation is 1. The molecule has 24 heavy (non-hydrogen) atoms. The number of H-pyrrole nitrogens is 1. The van der Waals surface area contributed by atoms with Crippen LogP contribution in [0.25, 0.3) is 21.6 Å². The van der Waals surface area contributed by atoms with E-state index in [2.05, 4.69) is 9.97 Å². The molecule has 1 aliphatic rings. The van der Waals surface area contributed by atoms with Gasteiger partial charge in [0, 0.05) is 5.56 Å². The molecule has 0 atom stereocenters. The summed E-state index contributed by atoms with van der Waals surface area (Å²) in [5.74, 6) is 1.50. The minimum absolute atomic E-state index is 0.0256. The van der Waals surface area contributed by atoms with Crippen molar-refractivity contribution >= 4 is 43.3 Å². The number of hydrogen-bond acceptors (Lipinski definition) is 6. The van der Waals surface area contributed by atoms with Gasteiger partial charge < -0.3 is 4.98 Å². The lowest BCUT2D eigenvalue weighted by Gasteiger charge is -2.09. The van der Waals surface area contributed by atoms with Crippen LogP contribution in [0.1, 0.15) is 12.0 Å². The third kappa shape index (κ3) is 2.67. The van der Waals surface area contributed by atoms with Crippen molar-refractivity contribution in [1.82, 2.24) is 9.97 Å². The molecule has 0 saturated heterocycles. The molecule has 2 aromatic heterocycles. The second-order valence-electron chi connectivity index (χ2n) is 5.48. The first-order valence-corrected chi connectivity index (χ1v) is 10.6. The first-order valence-electron chi connectivity index (χ1n) is 7.25. The molecule has 9 heteroatoms. The third-order valence-corrected chi connectivity index (χ3v) is 7.34. The normalized spacial score (nSPS) is 14.7. The highest BCUT2D eigenvalue weighted by Crippen LogP contribution is 2.40. The Morgan fingerprint density at radius 2 is 1.96 bits per heavy atom. The summed E-state index contributed by atoms with van der Waals surface area (Å²) in [5, 5.41) is 5.79. The van der Waals surface area contributed by atoms with E-state index in [1.807, 2.05) is 0 Å². The molecule has 0 amide bonds.